The number of amides is 2. The molecule has 5 heteroatoms. The van der Waals surface area contributed by atoms with Crippen LogP contribution in [0.4, 0.5) is 0 Å². The van der Waals surface area contributed by atoms with Crippen molar-refractivity contribution < 1.29 is 14.3 Å². The van der Waals surface area contributed by atoms with Gasteiger partial charge in [-0.25, -0.2) is 0 Å². The zero-order chi connectivity index (χ0) is 21.2. The van der Waals surface area contributed by atoms with Gasteiger partial charge in [0.2, 0.25) is 0 Å². The van der Waals surface area contributed by atoms with Crippen LogP contribution in [0.2, 0.25) is 0 Å². The van der Waals surface area contributed by atoms with Crippen molar-refractivity contribution in [2.45, 2.75) is 72.1 Å². The van der Waals surface area contributed by atoms with Crippen LogP contribution in [0, 0.1) is 5.92 Å². The van der Waals surface area contributed by atoms with Crippen molar-refractivity contribution in [3.05, 3.63) is 34.9 Å². The van der Waals surface area contributed by atoms with Crippen LogP contribution in [0.25, 0.3) is 5.57 Å². The number of hydrogen-bond acceptors (Lipinski definition) is 3. The second-order valence-corrected chi connectivity index (χ2v) is 8.53. The molecule has 1 aromatic carbocycles. The van der Waals surface area contributed by atoms with E-state index in [9.17, 15) is 9.59 Å². The summed E-state index contributed by atoms with van der Waals surface area (Å²) in [5.41, 5.74) is 0.954. The number of unbranched alkanes of at least 4 members (excludes halogenated alkanes) is 7. The van der Waals surface area contributed by atoms with E-state index in [1.807, 2.05) is 12.1 Å². The highest BCUT2D eigenvalue weighted by molar-refractivity contribution is 6.55. The van der Waals surface area contributed by atoms with Crippen LogP contribution in [0.5, 0.6) is 5.75 Å². The van der Waals surface area contributed by atoms with Crippen LogP contribution in [0.1, 0.15) is 77.7 Å². The zero-order valence-electron chi connectivity index (χ0n) is 18.0. The van der Waals surface area contributed by atoms with Crippen molar-refractivity contribution >= 4 is 29.0 Å². The first kappa shape index (κ1) is 23.5. The van der Waals surface area contributed by atoms with E-state index >= 15 is 0 Å². The van der Waals surface area contributed by atoms with Crippen molar-refractivity contribution in [2.24, 2.45) is 5.92 Å². The van der Waals surface area contributed by atoms with Gasteiger partial charge in [0.05, 0.1) is 12.2 Å². The largest absolute Gasteiger partial charge is 0.493 e. The maximum Gasteiger partial charge on any atom is 0.273 e. The minimum Gasteiger partial charge on any atom is -0.493 e. The van der Waals surface area contributed by atoms with Crippen LogP contribution in [0.15, 0.2) is 29.3 Å². The Labute approximate surface area is 180 Å². The molecule has 2 rings (SSSR count). The number of halogens is 1. The number of carbonyl (C=O) groups is 2. The first-order chi connectivity index (χ1) is 14.0. The van der Waals surface area contributed by atoms with E-state index in [0.29, 0.717) is 30.2 Å². The summed E-state index contributed by atoms with van der Waals surface area (Å²) in [6.45, 7) is 7.45. The molecule has 0 aliphatic carbocycles. The maximum absolute atomic E-state index is 12.8. The van der Waals surface area contributed by atoms with Gasteiger partial charge in [0, 0.05) is 6.54 Å². The summed E-state index contributed by atoms with van der Waals surface area (Å²) in [5, 5.41) is 0.0189. The molecule has 0 saturated carbocycles. The third-order valence-corrected chi connectivity index (χ3v) is 5.42. The molecular formula is C24H34ClNO3. The van der Waals surface area contributed by atoms with Gasteiger partial charge in [-0.3, -0.25) is 14.5 Å². The Kier molecular flexibility index (Phi) is 9.72. The lowest BCUT2D eigenvalue weighted by atomic mass is 10.1. The molecule has 0 aromatic heterocycles. The quantitative estimate of drug-likeness (QED) is 0.283. The molecule has 29 heavy (non-hydrogen) atoms. The average molecular weight is 420 g/mol. The van der Waals surface area contributed by atoms with Crippen molar-refractivity contribution in [1.82, 2.24) is 4.90 Å². The predicted molar refractivity (Wildman–Crippen MR) is 119 cm³/mol. The molecule has 4 nitrogen and oxygen atoms in total. The summed E-state index contributed by atoms with van der Waals surface area (Å²) < 4.78 is 5.68. The van der Waals surface area contributed by atoms with Crippen LogP contribution < -0.4 is 4.74 Å². The fourth-order valence-corrected chi connectivity index (χ4v) is 3.68. The Morgan fingerprint density at radius 2 is 1.48 bits per heavy atom. The van der Waals surface area contributed by atoms with Crippen molar-refractivity contribution in [3.63, 3.8) is 0 Å². The Morgan fingerprint density at radius 3 is 2.07 bits per heavy atom. The number of imide groups is 1. The van der Waals surface area contributed by atoms with Gasteiger partial charge in [-0.2, -0.15) is 0 Å². The molecule has 1 aromatic rings. The third kappa shape index (κ3) is 6.88. The molecule has 2 amide bonds. The summed E-state index contributed by atoms with van der Waals surface area (Å²) in [7, 11) is 0. The topological polar surface area (TPSA) is 46.6 Å². The first-order valence-electron chi connectivity index (χ1n) is 10.9. The number of benzene rings is 1. The van der Waals surface area contributed by atoms with E-state index in [1.54, 1.807) is 12.1 Å². The number of ether oxygens (including phenoxy) is 1. The van der Waals surface area contributed by atoms with Crippen molar-refractivity contribution in [2.75, 3.05) is 13.2 Å². The molecule has 0 unspecified atom stereocenters. The molecule has 1 heterocycles. The molecule has 1 aliphatic heterocycles. The predicted octanol–water partition coefficient (Wildman–Crippen LogP) is 6.18. The lowest BCUT2D eigenvalue weighted by molar-refractivity contribution is -0.136. The number of nitrogens with zero attached hydrogens (tertiary/aromatic N) is 1. The summed E-state index contributed by atoms with van der Waals surface area (Å²) in [6.07, 6.45) is 9.33. The van der Waals surface area contributed by atoms with Gasteiger partial charge in [0.25, 0.3) is 11.8 Å². The summed E-state index contributed by atoms with van der Waals surface area (Å²) in [4.78, 5) is 26.6. The third-order valence-electron chi connectivity index (χ3n) is 5.07. The van der Waals surface area contributed by atoms with E-state index in [4.69, 9.17) is 16.3 Å². The number of carbonyl (C=O) groups excluding carboxylic acids is 2. The molecule has 0 saturated heterocycles. The smallest absolute Gasteiger partial charge is 0.273 e. The van der Waals surface area contributed by atoms with E-state index < -0.39 is 0 Å². The van der Waals surface area contributed by atoms with Crippen molar-refractivity contribution in [1.29, 1.82) is 0 Å². The van der Waals surface area contributed by atoms with Crippen LogP contribution >= 0.6 is 11.6 Å². The van der Waals surface area contributed by atoms with E-state index in [1.165, 1.54) is 37.0 Å². The van der Waals surface area contributed by atoms with E-state index in [2.05, 4.69) is 20.8 Å². The maximum atomic E-state index is 12.8. The second kappa shape index (κ2) is 12.0. The van der Waals surface area contributed by atoms with Gasteiger partial charge in [-0.05, 0) is 30.0 Å². The SMILES string of the molecule is CCCCCCCCCCN1C(=O)C(Cl)=C(c2ccc(OCC(C)C)cc2)C1=O. The zero-order valence-corrected chi connectivity index (χ0v) is 18.8. The van der Waals surface area contributed by atoms with Crippen molar-refractivity contribution in [3.8, 4) is 5.75 Å². The van der Waals surface area contributed by atoms with Crippen LogP contribution in [-0.4, -0.2) is 29.9 Å². The average Bonchev–Trinajstić information content (AvgIpc) is 2.92. The van der Waals surface area contributed by atoms with Gasteiger partial charge >= 0.3 is 0 Å². The first-order valence-corrected chi connectivity index (χ1v) is 11.3. The van der Waals surface area contributed by atoms with Gasteiger partial charge in [0.15, 0.2) is 0 Å². The van der Waals surface area contributed by atoms with Crippen LogP contribution in [-0.2, 0) is 9.59 Å². The van der Waals surface area contributed by atoms with E-state index in [0.717, 1.165) is 25.0 Å². The lowest BCUT2D eigenvalue weighted by Crippen LogP contribution is -2.32. The summed E-state index contributed by atoms with van der Waals surface area (Å²) in [5.74, 6) is 0.506. The Hall–Kier alpha value is -1.81. The van der Waals surface area contributed by atoms with Gasteiger partial charge in [0.1, 0.15) is 10.8 Å². The number of rotatable bonds is 13. The lowest BCUT2D eigenvalue weighted by Gasteiger charge is -2.14. The molecule has 1 aliphatic rings. The molecule has 0 radical (unpaired) electrons. The normalized spacial score (nSPS) is 14.4. The second-order valence-electron chi connectivity index (χ2n) is 8.16. The Morgan fingerprint density at radius 1 is 0.897 bits per heavy atom. The fraction of sp³-hybridized carbons (Fsp3) is 0.583. The Bertz CT molecular complexity index is 709. The summed E-state index contributed by atoms with van der Waals surface area (Å²) >= 11 is 6.24. The fourth-order valence-electron chi connectivity index (χ4n) is 3.38. The molecule has 0 atom stereocenters. The molecule has 0 spiro atoms. The van der Waals surface area contributed by atoms with Gasteiger partial charge in [-0.15, -0.1) is 0 Å². The molecule has 0 bridgehead atoms. The van der Waals surface area contributed by atoms with Gasteiger partial charge in [-0.1, -0.05) is 89.5 Å². The molecule has 0 N–H and O–H groups in total. The highest BCUT2D eigenvalue weighted by Crippen LogP contribution is 2.32. The molecular weight excluding hydrogens is 386 g/mol. The highest BCUT2D eigenvalue weighted by atomic mass is 35.5. The van der Waals surface area contributed by atoms with E-state index in [-0.39, 0.29) is 16.8 Å². The minimum atomic E-state index is -0.380. The standard InChI is InChI=1S/C24H34ClNO3/c1-4-5-6-7-8-9-10-11-16-26-23(27)21(22(25)24(26)28)19-12-14-20(15-13-19)29-17-18(2)3/h12-15,18H,4-11,16-17H2,1-3H3. The highest BCUT2D eigenvalue weighted by Gasteiger charge is 2.37. The molecule has 160 valence electrons. The molecule has 0 fully saturated rings. The van der Waals surface area contributed by atoms with Crippen LogP contribution in [0.3, 0.4) is 0 Å². The summed E-state index contributed by atoms with van der Waals surface area (Å²) in [6, 6.07) is 7.21. The van der Waals surface area contributed by atoms with Gasteiger partial charge < -0.3 is 4.74 Å². The number of hydrogen-bond donors (Lipinski definition) is 0. The minimum absolute atomic E-state index is 0.0189. The Balaban J connectivity index is 1.86. The monoisotopic (exact) mass is 419 g/mol.